The van der Waals surface area contributed by atoms with E-state index in [4.69, 9.17) is 4.74 Å². The number of carbonyl (C=O) groups is 1. The van der Waals surface area contributed by atoms with Crippen molar-refractivity contribution in [3.8, 4) is 5.75 Å². The number of fused-ring (bicyclic) bond motifs is 1. The lowest BCUT2D eigenvalue weighted by atomic mass is 10.1. The zero-order valence-corrected chi connectivity index (χ0v) is 17.6. The van der Waals surface area contributed by atoms with Crippen LogP contribution in [0.4, 0.5) is 0 Å². The molecule has 8 heteroatoms. The molecule has 3 aromatic rings. The second-order valence-corrected chi connectivity index (χ2v) is 9.43. The zero-order valence-electron chi connectivity index (χ0n) is 16.0. The Labute approximate surface area is 168 Å². The van der Waals surface area contributed by atoms with Gasteiger partial charge in [-0.05, 0) is 42.3 Å². The van der Waals surface area contributed by atoms with E-state index < -0.39 is 15.7 Å². The Balaban J connectivity index is 1.80. The third kappa shape index (κ3) is 4.18. The first-order valence-electron chi connectivity index (χ1n) is 8.87. The van der Waals surface area contributed by atoms with E-state index in [0.29, 0.717) is 10.6 Å². The number of aryl methyl sites for hydroxylation is 2. The quantitative estimate of drug-likeness (QED) is 0.616. The lowest BCUT2D eigenvalue weighted by Gasteiger charge is -2.04. The van der Waals surface area contributed by atoms with Gasteiger partial charge in [-0.15, -0.1) is 0 Å². The number of thiazole rings is 1. The van der Waals surface area contributed by atoms with E-state index >= 15 is 0 Å². The van der Waals surface area contributed by atoms with Crippen LogP contribution < -0.4 is 9.54 Å². The molecular formula is C20H22N2O4S2. The smallest absolute Gasteiger partial charge is 0.249 e. The monoisotopic (exact) mass is 418 g/mol. The number of amides is 1. The summed E-state index contributed by atoms with van der Waals surface area (Å²) in [4.78, 5) is 17.2. The van der Waals surface area contributed by atoms with Crippen LogP contribution in [0.25, 0.3) is 10.2 Å². The highest BCUT2D eigenvalue weighted by molar-refractivity contribution is 7.91. The number of hydrogen-bond donors (Lipinski definition) is 0. The minimum Gasteiger partial charge on any atom is -0.497 e. The van der Waals surface area contributed by atoms with E-state index in [9.17, 15) is 13.2 Å². The van der Waals surface area contributed by atoms with Crippen LogP contribution in [0.1, 0.15) is 18.9 Å². The minimum atomic E-state index is -3.56. The van der Waals surface area contributed by atoms with Gasteiger partial charge in [0.15, 0.2) is 14.6 Å². The van der Waals surface area contributed by atoms with Crippen molar-refractivity contribution in [1.82, 2.24) is 4.57 Å². The summed E-state index contributed by atoms with van der Waals surface area (Å²) in [6, 6.07) is 12.2. The van der Waals surface area contributed by atoms with Gasteiger partial charge in [-0.25, -0.2) is 8.42 Å². The van der Waals surface area contributed by atoms with Crippen molar-refractivity contribution in [2.75, 3.05) is 12.9 Å². The fraction of sp³-hybridized carbons (Fsp3) is 0.300. The average molecular weight is 419 g/mol. The van der Waals surface area contributed by atoms with Gasteiger partial charge in [0.2, 0.25) is 5.91 Å². The van der Waals surface area contributed by atoms with Crippen molar-refractivity contribution < 1.29 is 17.9 Å². The highest BCUT2D eigenvalue weighted by Gasteiger charge is 2.17. The topological polar surface area (TPSA) is 77.7 Å². The summed E-state index contributed by atoms with van der Waals surface area (Å²) < 4.78 is 32.9. The highest BCUT2D eigenvalue weighted by Crippen LogP contribution is 2.21. The molecule has 6 nitrogen and oxygen atoms in total. The maximum Gasteiger partial charge on any atom is 0.249 e. The van der Waals surface area contributed by atoms with Crippen LogP contribution in [0.15, 0.2) is 52.4 Å². The van der Waals surface area contributed by atoms with Gasteiger partial charge >= 0.3 is 0 Å². The second kappa shape index (κ2) is 8.28. The lowest BCUT2D eigenvalue weighted by molar-refractivity contribution is -0.117. The Morgan fingerprint density at radius 1 is 1.18 bits per heavy atom. The normalized spacial score (nSPS) is 12.5. The molecule has 0 radical (unpaired) electrons. The van der Waals surface area contributed by atoms with Gasteiger partial charge in [0.25, 0.3) is 0 Å². The van der Waals surface area contributed by atoms with Crippen molar-refractivity contribution in [2.45, 2.75) is 24.7 Å². The number of carbonyl (C=O) groups excluding carboxylic acids is 1. The van der Waals surface area contributed by atoms with Gasteiger partial charge in [0, 0.05) is 13.5 Å². The summed E-state index contributed by atoms with van der Waals surface area (Å²) in [5.74, 6) is -0.151. The minimum absolute atomic E-state index is 0.163. The molecule has 0 spiro atoms. The molecule has 0 bridgehead atoms. The van der Waals surface area contributed by atoms with Crippen LogP contribution in [0.2, 0.25) is 0 Å². The summed E-state index contributed by atoms with van der Waals surface area (Å²) in [7, 11) is -0.170. The Kier molecular flexibility index (Phi) is 6.00. The Bertz CT molecular complexity index is 1170. The van der Waals surface area contributed by atoms with E-state index in [-0.39, 0.29) is 17.1 Å². The zero-order chi connectivity index (χ0) is 20.3. The van der Waals surface area contributed by atoms with Gasteiger partial charge < -0.3 is 9.30 Å². The number of benzene rings is 2. The molecule has 1 heterocycles. The van der Waals surface area contributed by atoms with E-state index in [2.05, 4.69) is 18.0 Å². The number of ether oxygens (including phenoxy) is 1. The second-order valence-electron chi connectivity index (χ2n) is 6.31. The molecule has 0 aliphatic rings. The van der Waals surface area contributed by atoms with Crippen LogP contribution in [0, 0.1) is 0 Å². The molecule has 0 atom stereocenters. The van der Waals surface area contributed by atoms with Crippen LogP contribution >= 0.6 is 11.3 Å². The Morgan fingerprint density at radius 2 is 1.89 bits per heavy atom. The van der Waals surface area contributed by atoms with Crippen LogP contribution in [-0.4, -0.2) is 31.8 Å². The SMILES string of the molecule is CCc1cccc2sc(=NC(=O)CCS(=O)(=O)c3ccc(OC)cc3)n(C)c12. The number of sulfone groups is 1. The molecular weight excluding hydrogens is 396 g/mol. The van der Waals surface area contributed by atoms with Crippen LogP contribution in [-0.2, 0) is 28.1 Å². The van der Waals surface area contributed by atoms with Crippen LogP contribution in [0.3, 0.4) is 0 Å². The van der Waals surface area contributed by atoms with Gasteiger partial charge in [-0.3, -0.25) is 4.79 Å². The maximum atomic E-state index is 12.4. The predicted molar refractivity (Wildman–Crippen MR) is 110 cm³/mol. The fourth-order valence-electron chi connectivity index (χ4n) is 2.96. The molecule has 0 N–H and O–H groups in total. The summed E-state index contributed by atoms with van der Waals surface area (Å²) in [6.07, 6.45) is 0.721. The number of para-hydroxylation sites is 1. The van der Waals surface area contributed by atoms with Crippen molar-refractivity contribution in [2.24, 2.45) is 12.0 Å². The first-order valence-corrected chi connectivity index (χ1v) is 11.3. The first kappa shape index (κ1) is 20.3. The standard InChI is InChI=1S/C20H22N2O4S2/c1-4-14-6-5-7-17-19(14)22(2)20(27-17)21-18(23)12-13-28(24,25)16-10-8-15(26-3)9-11-16/h5-11H,4,12-13H2,1-3H3. The molecule has 0 saturated carbocycles. The molecule has 0 saturated heterocycles. The average Bonchev–Trinajstić information content (AvgIpc) is 3.02. The number of aromatic nitrogens is 1. The number of hydrogen-bond acceptors (Lipinski definition) is 5. The molecule has 0 aliphatic carbocycles. The maximum absolute atomic E-state index is 12.4. The van der Waals surface area contributed by atoms with E-state index in [1.54, 1.807) is 12.1 Å². The molecule has 148 valence electrons. The molecule has 2 aromatic carbocycles. The molecule has 0 fully saturated rings. The number of nitrogens with zero attached hydrogens (tertiary/aromatic N) is 2. The van der Waals surface area contributed by atoms with Crippen molar-refractivity contribution >= 4 is 37.3 Å². The third-order valence-corrected chi connectivity index (χ3v) is 7.34. The Morgan fingerprint density at radius 3 is 2.54 bits per heavy atom. The predicted octanol–water partition coefficient (Wildman–Crippen LogP) is 3.10. The van der Waals surface area contributed by atoms with E-state index in [1.165, 1.54) is 36.1 Å². The number of methoxy groups -OCH3 is 1. The van der Waals surface area contributed by atoms with E-state index in [1.807, 2.05) is 23.7 Å². The van der Waals surface area contributed by atoms with Crippen molar-refractivity contribution in [3.05, 3.63) is 52.8 Å². The molecule has 0 unspecified atom stereocenters. The summed E-state index contributed by atoms with van der Waals surface area (Å²) in [6.45, 7) is 2.08. The molecule has 3 rings (SSSR count). The number of rotatable bonds is 6. The molecule has 1 amide bonds. The Hall–Kier alpha value is -2.45. The van der Waals surface area contributed by atoms with Gasteiger partial charge in [0.1, 0.15) is 5.75 Å². The highest BCUT2D eigenvalue weighted by atomic mass is 32.2. The van der Waals surface area contributed by atoms with E-state index in [0.717, 1.165) is 16.6 Å². The lowest BCUT2D eigenvalue weighted by Crippen LogP contribution is -2.16. The summed E-state index contributed by atoms with van der Waals surface area (Å²) in [5, 5.41) is 0. The third-order valence-electron chi connectivity index (χ3n) is 4.51. The van der Waals surface area contributed by atoms with Gasteiger partial charge in [-0.1, -0.05) is 30.4 Å². The van der Waals surface area contributed by atoms with Gasteiger partial charge in [-0.2, -0.15) is 4.99 Å². The summed E-state index contributed by atoms with van der Waals surface area (Å²) in [5.41, 5.74) is 2.25. The first-order chi connectivity index (χ1) is 13.4. The molecule has 1 aromatic heterocycles. The molecule has 28 heavy (non-hydrogen) atoms. The molecule has 0 aliphatic heterocycles. The summed E-state index contributed by atoms with van der Waals surface area (Å²) >= 11 is 1.43. The van der Waals surface area contributed by atoms with Crippen molar-refractivity contribution in [1.29, 1.82) is 0 Å². The fourth-order valence-corrected chi connectivity index (χ4v) is 5.28. The van der Waals surface area contributed by atoms with Crippen LogP contribution in [0.5, 0.6) is 5.75 Å². The van der Waals surface area contributed by atoms with Gasteiger partial charge in [0.05, 0.1) is 28.0 Å². The van der Waals surface area contributed by atoms with Crippen molar-refractivity contribution in [3.63, 3.8) is 0 Å². The largest absolute Gasteiger partial charge is 0.497 e.